The predicted octanol–water partition coefficient (Wildman–Crippen LogP) is 1.78. The quantitative estimate of drug-likeness (QED) is 0.724. The van der Waals surface area contributed by atoms with Crippen molar-refractivity contribution in [1.82, 2.24) is 14.8 Å². The molecule has 3 heterocycles. The topological polar surface area (TPSA) is 80.9 Å². The Bertz CT molecular complexity index is 658. The van der Waals surface area contributed by atoms with E-state index in [1.54, 1.807) is 6.07 Å². The molecular formula is C18H27ClN4O3. The van der Waals surface area contributed by atoms with Crippen molar-refractivity contribution in [2.45, 2.75) is 37.8 Å². The summed E-state index contributed by atoms with van der Waals surface area (Å²) in [4.78, 5) is 20.4. The lowest BCUT2D eigenvalue weighted by Gasteiger charge is -2.22. The molecule has 0 aromatic carbocycles. The van der Waals surface area contributed by atoms with Crippen molar-refractivity contribution in [3.63, 3.8) is 0 Å². The van der Waals surface area contributed by atoms with Crippen molar-refractivity contribution >= 4 is 17.5 Å². The van der Waals surface area contributed by atoms with E-state index in [4.69, 9.17) is 26.8 Å². The molecule has 3 rings (SSSR count). The van der Waals surface area contributed by atoms with Crippen LogP contribution in [-0.2, 0) is 0 Å². The molecule has 8 heteroatoms. The highest BCUT2D eigenvalue weighted by molar-refractivity contribution is 6.32. The van der Waals surface area contributed by atoms with Crippen molar-refractivity contribution in [2.75, 3.05) is 40.4 Å². The summed E-state index contributed by atoms with van der Waals surface area (Å²) in [7, 11) is 4.17. The Hall–Kier alpha value is -1.57. The number of hydrogen-bond acceptors (Lipinski definition) is 6. The summed E-state index contributed by atoms with van der Waals surface area (Å²) >= 11 is 6.10. The molecule has 0 unspecified atom stereocenters. The van der Waals surface area contributed by atoms with Gasteiger partial charge < -0.3 is 25.0 Å². The van der Waals surface area contributed by atoms with Crippen LogP contribution in [0.3, 0.4) is 0 Å². The SMILES string of the molecule is CN1CCC[C@H]1COc1cc(C(N)=O)c(Cl)nc1OC[C@@H]1CCCN1C. The number of likely N-dealkylation sites (tertiary alicyclic amines) is 2. The predicted molar refractivity (Wildman–Crippen MR) is 100 cm³/mol. The second kappa shape index (κ2) is 8.41. The van der Waals surface area contributed by atoms with Crippen LogP contribution in [-0.4, -0.2) is 73.2 Å². The van der Waals surface area contributed by atoms with Crippen LogP contribution in [0.4, 0.5) is 0 Å². The molecule has 2 atom stereocenters. The van der Waals surface area contributed by atoms with E-state index in [-0.39, 0.29) is 10.7 Å². The van der Waals surface area contributed by atoms with E-state index in [1.165, 1.54) is 0 Å². The van der Waals surface area contributed by atoms with Crippen molar-refractivity contribution in [2.24, 2.45) is 5.73 Å². The summed E-state index contributed by atoms with van der Waals surface area (Å²) in [5.41, 5.74) is 5.54. The normalized spacial score (nSPS) is 24.1. The van der Waals surface area contributed by atoms with Crippen LogP contribution in [0.25, 0.3) is 0 Å². The van der Waals surface area contributed by atoms with Gasteiger partial charge in [0, 0.05) is 18.2 Å². The van der Waals surface area contributed by atoms with Crippen molar-refractivity contribution < 1.29 is 14.3 Å². The highest BCUT2D eigenvalue weighted by Crippen LogP contribution is 2.31. The van der Waals surface area contributed by atoms with E-state index in [2.05, 4.69) is 28.9 Å². The largest absolute Gasteiger partial charge is 0.486 e. The average Bonchev–Trinajstić information content (AvgIpc) is 3.19. The number of nitrogens with zero attached hydrogens (tertiary/aromatic N) is 3. The van der Waals surface area contributed by atoms with Gasteiger partial charge in [-0.3, -0.25) is 4.79 Å². The lowest BCUT2D eigenvalue weighted by atomic mass is 10.2. The number of aromatic nitrogens is 1. The number of halogens is 1. The van der Waals surface area contributed by atoms with Crippen LogP contribution >= 0.6 is 11.6 Å². The van der Waals surface area contributed by atoms with Gasteiger partial charge in [-0.1, -0.05) is 11.6 Å². The smallest absolute Gasteiger partial charge is 0.258 e. The van der Waals surface area contributed by atoms with E-state index in [0.717, 1.165) is 38.8 Å². The third-order valence-corrected chi connectivity index (χ3v) is 5.65. The molecule has 1 amide bonds. The Morgan fingerprint density at radius 1 is 1.19 bits per heavy atom. The van der Waals surface area contributed by atoms with Crippen LogP contribution < -0.4 is 15.2 Å². The summed E-state index contributed by atoms with van der Waals surface area (Å²) in [6.45, 7) is 3.16. The van der Waals surface area contributed by atoms with Gasteiger partial charge in [0.05, 0.1) is 5.56 Å². The van der Waals surface area contributed by atoms with Gasteiger partial charge >= 0.3 is 0 Å². The number of nitrogens with two attached hydrogens (primary N) is 1. The molecule has 2 saturated heterocycles. The highest BCUT2D eigenvalue weighted by Gasteiger charge is 2.25. The maximum Gasteiger partial charge on any atom is 0.258 e. The van der Waals surface area contributed by atoms with E-state index in [1.807, 2.05) is 0 Å². The first-order valence-electron chi connectivity index (χ1n) is 9.12. The molecule has 2 N–H and O–H groups in total. The number of primary amides is 1. The molecule has 26 heavy (non-hydrogen) atoms. The molecule has 0 radical (unpaired) electrons. The number of pyridine rings is 1. The number of amides is 1. The van der Waals surface area contributed by atoms with Crippen LogP contribution in [0.1, 0.15) is 36.0 Å². The summed E-state index contributed by atoms with van der Waals surface area (Å²) < 4.78 is 11.9. The van der Waals surface area contributed by atoms with Crippen molar-refractivity contribution in [3.05, 3.63) is 16.8 Å². The number of ether oxygens (including phenoxy) is 2. The van der Waals surface area contributed by atoms with Crippen LogP contribution in [0.5, 0.6) is 11.6 Å². The molecule has 2 aliphatic rings. The molecule has 144 valence electrons. The van der Waals surface area contributed by atoms with E-state index in [9.17, 15) is 4.79 Å². The lowest BCUT2D eigenvalue weighted by molar-refractivity contribution is 0.0999. The van der Waals surface area contributed by atoms with E-state index < -0.39 is 5.91 Å². The molecule has 2 fully saturated rings. The average molecular weight is 383 g/mol. The first-order valence-corrected chi connectivity index (χ1v) is 9.50. The zero-order valence-electron chi connectivity index (χ0n) is 15.4. The molecule has 0 spiro atoms. The Labute approximate surface area is 159 Å². The maximum absolute atomic E-state index is 11.6. The third-order valence-electron chi connectivity index (χ3n) is 5.36. The van der Waals surface area contributed by atoms with Gasteiger partial charge in [-0.05, 0) is 52.9 Å². The van der Waals surface area contributed by atoms with E-state index in [0.29, 0.717) is 36.9 Å². The Balaban J connectivity index is 1.74. The Morgan fingerprint density at radius 3 is 2.27 bits per heavy atom. The monoisotopic (exact) mass is 382 g/mol. The first kappa shape index (κ1) is 19.2. The highest BCUT2D eigenvalue weighted by atomic mass is 35.5. The summed E-state index contributed by atoms with van der Waals surface area (Å²) in [5.74, 6) is 0.109. The van der Waals surface area contributed by atoms with Crippen LogP contribution in [0.2, 0.25) is 5.15 Å². The molecule has 0 saturated carbocycles. The zero-order chi connectivity index (χ0) is 18.7. The number of carbonyl (C=O) groups is 1. The summed E-state index contributed by atoms with van der Waals surface area (Å²) in [6.07, 6.45) is 4.50. The van der Waals surface area contributed by atoms with Gasteiger partial charge in [-0.15, -0.1) is 0 Å². The maximum atomic E-state index is 11.6. The summed E-state index contributed by atoms with van der Waals surface area (Å²) in [6, 6.07) is 2.23. The van der Waals surface area contributed by atoms with Gasteiger partial charge in [-0.2, -0.15) is 4.98 Å². The van der Waals surface area contributed by atoms with Crippen molar-refractivity contribution in [3.8, 4) is 11.6 Å². The molecular weight excluding hydrogens is 356 g/mol. The lowest BCUT2D eigenvalue weighted by Crippen LogP contribution is -2.32. The summed E-state index contributed by atoms with van der Waals surface area (Å²) in [5, 5.41) is 0.0395. The molecule has 1 aromatic heterocycles. The zero-order valence-corrected chi connectivity index (χ0v) is 16.2. The van der Waals surface area contributed by atoms with Crippen molar-refractivity contribution in [1.29, 1.82) is 0 Å². The van der Waals surface area contributed by atoms with Crippen LogP contribution in [0, 0.1) is 0 Å². The second-order valence-electron chi connectivity index (χ2n) is 7.17. The molecule has 0 bridgehead atoms. The number of carbonyl (C=O) groups excluding carboxylic acids is 1. The van der Waals surface area contributed by atoms with Gasteiger partial charge in [0.15, 0.2) is 5.75 Å². The standard InChI is InChI=1S/C18H27ClN4O3/c1-22-7-3-5-12(22)10-25-15-9-14(17(20)24)16(19)21-18(15)26-11-13-6-4-8-23(13)2/h9,12-13H,3-8,10-11H2,1-2H3,(H2,20,24)/t12-,13-/m0/s1. The van der Waals surface area contributed by atoms with E-state index >= 15 is 0 Å². The minimum atomic E-state index is -0.632. The van der Waals surface area contributed by atoms with Gasteiger partial charge in [0.2, 0.25) is 0 Å². The molecule has 7 nitrogen and oxygen atoms in total. The third kappa shape index (κ3) is 4.39. The number of rotatable bonds is 7. The fourth-order valence-electron chi connectivity index (χ4n) is 3.58. The number of likely N-dealkylation sites (N-methyl/N-ethyl adjacent to an activating group) is 2. The van der Waals surface area contributed by atoms with Crippen LogP contribution in [0.15, 0.2) is 6.07 Å². The second-order valence-corrected chi connectivity index (χ2v) is 7.53. The minimum Gasteiger partial charge on any atom is -0.486 e. The Kier molecular flexibility index (Phi) is 6.21. The fourth-order valence-corrected chi connectivity index (χ4v) is 3.80. The van der Waals surface area contributed by atoms with Gasteiger partial charge in [0.1, 0.15) is 18.4 Å². The minimum absolute atomic E-state index is 0.0395. The molecule has 0 aliphatic carbocycles. The molecule has 2 aliphatic heterocycles. The fraction of sp³-hybridized carbons (Fsp3) is 0.667. The number of hydrogen-bond donors (Lipinski definition) is 1. The first-order chi connectivity index (χ1) is 12.5. The Morgan fingerprint density at radius 2 is 1.77 bits per heavy atom. The van der Waals surface area contributed by atoms with Gasteiger partial charge in [-0.25, -0.2) is 0 Å². The molecule has 1 aromatic rings. The van der Waals surface area contributed by atoms with Gasteiger partial charge in [0.25, 0.3) is 11.8 Å².